The first-order valence-corrected chi connectivity index (χ1v) is 6.01. The minimum absolute atomic E-state index is 0.0651. The van der Waals surface area contributed by atoms with Crippen molar-refractivity contribution in [1.82, 2.24) is 25.5 Å². The summed E-state index contributed by atoms with van der Waals surface area (Å²) in [5.41, 5.74) is 6.04. The number of hydrogen-bond acceptors (Lipinski definition) is 5. The summed E-state index contributed by atoms with van der Waals surface area (Å²) < 4.78 is 1.40. The molecule has 3 N–H and O–H groups in total. The van der Waals surface area contributed by atoms with Crippen molar-refractivity contribution < 1.29 is 4.79 Å². The van der Waals surface area contributed by atoms with E-state index < -0.39 is 0 Å². The van der Waals surface area contributed by atoms with Crippen LogP contribution in [0.25, 0.3) is 0 Å². The van der Waals surface area contributed by atoms with Gasteiger partial charge in [0.2, 0.25) is 5.91 Å². The van der Waals surface area contributed by atoms with Crippen LogP contribution in [-0.4, -0.2) is 38.2 Å². The van der Waals surface area contributed by atoms with Crippen LogP contribution in [0.4, 0.5) is 0 Å². The number of aromatic nitrogens is 4. The van der Waals surface area contributed by atoms with Gasteiger partial charge in [-0.05, 0) is 23.3 Å². The van der Waals surface area contributed by atoms with E-state index in [-0.39, 0.29) is 24.5 Å². The van der Waals surface area contributed by atoms with Gasteiger partial charge in [0.25, 0.3) is 0 Å². The lowest BCUT2D eigenvalue weighted by Crippen LogP contribution is -2.47. The van der Waals surface area contributed by atoms with Crippen LogP contribution >= 0.6 is 0 Å². The smallest absolute Gasteiger partial charge is 0.242 e. The molecule has 2 unspecified atom stereocenters. The van der Waals surface area contributed by atoms with E-state index in [2.05, 4.69) is 20.8 Å². The summed E-state index contributed by atoms with van der Waals surface area (Å²) in [7, 11) is 0. The molecule has 0 aliphatic heterocycles. The maximum absolute atomic E-state index is 11.8. The van der Waals surface area contributed by atoms with Crippen molar-refractivity contribution in [2.24, 2.45) is 5.73 Å². The number of hydrogen-bond donors (Lipinski definition) is 2. The Kier molecular flexibility index (Phi) is 4.03. The van der Waals surface area contributed by atoms with Crippen LogP contribution in [-0.2, 0) is 11.3 Å². The zero-order valence-electron chi connectivity index (χ0n) is 9.75. The third kappa shape index (κ3) is 3.48. The molecule has 1 aromatic heterocycles. The highest BCUT2D eigenvalue weighted by Gasteiger charge is 2.21. The monoisotopic (exact) mass is 238 g/mol. The van der Waals surface area contributed by atoms with Gasteiger partial charge in [0.05, 0.1) is 0 Å². The minimum atomic E-state index is -0.0837. The van der Waals surface area contributed by atoms with Crippen molar-refractivity contribution in [3.63, 3.8) is 0 Å². The fourth-order valence-electron chi connectivity index (χ4n) is 2.17. The van der Waals surface area contributed by atoms with Crippen molar-refractivity contribution >= 4 is 5.91 Å². The highest BCUT2D eigenvalue weighted by Crippen LogP contribution is 2.16. The van der Waals surface area contributed by atoms with Gasteiger partial charge >= 0.3 is 0 Å². The predicted octanol–water partition coefficient (Wildman–Crippen LogP) is -0.551. The minimum Gasteiger partial charge on any atom is -0.350 e. The Hall–Kier alpha value is -1.50. The number of nitrogens with one attached hydrogen (secondary N) is 1. The lowest BCUT2D eigenvalue weighted by Gasteiger charge is -2.22. The summed E-state index contributed by atoms with van der Waals surface area (Å²) in [6, 6.07) is 0.150. The molecule has 0 spiro atoms. The van der Waals surface area contributed by atoms with Gasteiger partial charge in [0, 0.05) is 12.1 Å². The second-order valence-corrected chi connectivity index (χ2v) is 4.48. The van der Waals surface area contributed by atoms with Crippen molar-refractivity contribution in [3.8, 4) is 0 Å². The van der Waals surface area contributed by atoms with E-state index >= 15 is 0 Å². The summed E-state index contributed by atoms with van der Waals surface area (Å²) >= 11 is 0. The molecule has 1 aliphatic rings. The topological polar surface area (TPSA) is 98.7 Å². The lowest BCUT2D eigenvalue weighted by molar-refractivity contribution is -0.122. The molecule has 2 rings (SSSR count). The molecule has 0 bridgehead atoms. The van der Waals surface area contributed by atoms with Gasteiger partial charge in [-0.2, -0.15) is 0 Å². The second kappa shape index (κ2) is 5.72. The number of nitrogens with two attached hydrogens (primary N) is 1. The van der Waals surface area contributed by atoms with Crippen LogP contribution in [0.15, 0.2) is 6.33 Å². The number of carbonyl (C=O) groups is 1. The normalized spacial score (nSPS) is 25.2. The third-order valence-corrected chi connectivity index (χ3v) is 3.11. The van der Waals surface area contributed by atoms with E-state index in [0.29, 0.717) is 0 Å². The second-order valence-electron chi connectivity index (χ2n) is 4.48. The van der Waals surface area contributed by atoms with Crippen LogP contribution < -0.4 is 11.1 Å². The number of tetrazole rings is 1. The molecule has 1 fully saturated rings. The van der Waals surface area contributed by atoms with E-state index in [9.17, 15) is 4.79 Å². The van der Waals surface area contributed by atoms with E-state index in [4.69, 9.17) is 5.73 Å². The molecule has 1 aromatic rings. The zero-order valence-corrected chi connectivity index (χ0v) is 9.75. The average molecular weight is 238 g/mol. The Morgan fingerprint density at radius 1 is 1.41 bits per heavy atom. The van der Waals surface area contributed by atoms with Crippen molar-refractivity contribution in [1.29, 1.82) is 0 Å². The Morgan fingerprint density at radius 2 is 2.24 bits per heavy atom. The first kappa shape index (κ1) is 12.0. The highest BCUT2D eigenvalue weighted by atomic mass is 16.2. The maximum Gasteiger partial charge on any atom is 0.242 e. The van der Waals surface area contributed by atoms with Gasteiger partial charge < -0.3 is 11.1 Å². The van der Waals surface area contributed by atoms with Gasteiger partial charge in [-0.25, -0.2) is 4.68 Å². The van der Waals surface area contributed by atoms with Gasteiger partial charge in [0.15, 0.2) is 0 Å². The number of nitrogens with zero attached hydrogens (tertiary/aromatic N) is 4. The van der Waals surface area contributed by atoms with Crippen molar-refractivity contribution in [3.05, 3.63) is 6.33 Å². The van der Waals surface area contributed by atoms with Crippen LogP contribution in [0.2, 0.25) is 0 Å². The summed E-state index contributed by atoms with van der Waals surface area (Å²) in [5, 5.41) is 13.6. The van der Waals surface area contributed by atoms with Crippen LogP contribution in [0.3, 0.4) is 0 Å². The van der Waals surface area contributed by atoms with Gasteiger partial charge in [-0.15, -0.1) is 5.10 Å². The van der Waals surface area contributed by atoms with Crippen molar-refractivity contribution in [2.45, 2.75) is 50.7 Å². The van der Waals surface area contributed by atoms with E-state index in [1.54, 1.807) is 0 Å². The molecule has 0 saturated heterocycles. The first-order valence-electron chi connectivity index (χ1n) is 6.01. The predicted molar refractivity (Wildman–Crippen MR) is 60.8 cm³/mol. The van der Waals surface area contributed by atoms with Crippen LogP contribution in [0.1, 0.15) is 32.1 Å². The Bertz CT molecular complexity index is 352. The van der Waals surface area contributed by atoms with Crippen molar-refractivity contribution in [2.75, 3.05) is 0 Å². The number of amides is 1. The fourth-order valence-corrected chi connectivity index (χ4v) is 2.17. The quantitative estimate of drug-likeness (QED) is 0.688. The molecule has 7 nitrogen and oxygen atoms in total. The summed E-state index contributed by atoms with van der Waals surface area (Å²) in [4.78, 5) is 11.8. The zero-order chi connectivity index (χ0) is 12.1. The lowest BCUT2D eigenvalue weighted by atomic mass is 10.0. The fraction of sp³-hybridized carbons (Fsp3) is 0.800. The van der Waals surface area contributed by atoms with Gasteiger partial charge in [-0.1, -0.05) is 19.3 Å². The molecule has 17 heavy (non-hydrogen) atoms. The standard InChI is InChI=1S/C10H18N6O/c11-8-4-2-1-3-5-9(8)13-10(17)6-16-7-12-14-15-16/h7-9H,1-6,11H2,(H,13,17). The number of rotatable bonds is 3. The molecule has 94 valence electrons. The molecule has 0 aromatic carbocycles. The largest absolute Gasteiger partial charge is 0.350 e. The van der Waals surface area contributed by atoms with Crippen LogP contribution in [0.5, 0.6) is 0 Å². The van der Waals surface area contributed by atoms with Gasteiger partial charge in [-0.3, -0.25) is 4.79 Å². The Labute approximate surface area is 99.7 Å². The van der Waals surface area contributed by atoms with E-state index in [0.717, 1.165) is 25.7 Å². The molecule has 2 atom stereocenters. The maximum atomic E-state index is 11.8. The van der Waals surface area contributed by atoms with Crippen LogP contribution in [0, 0.1) is 0 Å². The van der Waals surface area contributed by atoms with E-state index in [1.807, 2.05) is 0 Å². The summed E-state index contributed by atoms with van der Waals surface area (Å²) in [6.45, 7) is 0.149. The van der Waals surface area contributed by atoms with Gasteiger partial charge in [0.1, 0.15) is 12.9 Å². The Morgan fingerprint density at radius 3 is 3.00 bits per heavy atom. The molecule has 0 radical (unpaired) electrons. The molecule has 1 amide bonds. The third-order valence-electron chi connectivity index (χ3n) is 3.11. The van der Waals surface area contributed by atoms with E-state index in [1.165, 1.54) is 17.4 Å². The molecular formula is C10H18N6O. The molecule has 1 aliphatic carbocycles. The average Bonchev–Trinajstić information content (AvgIpc) is 2.71. The summed E-state index contributed by atoms with van der Waals surface area (Å²) in [5.74, 6) is -0.0837. The Balaban J connectivity index is 1.84. The molecular weight excluding hydrogens is 220 g/mol. The first-order chi connectivity index (χ1) is 8.25. The molecule has 1 heterocycles. The number of carbonyl (C=O) groups excluding carboxylic acids is 1. The molecule has 1 saturated carbocycles. The highest BCUT2D eigenvalue weighted by molar-refractivity contribution is 5.76. The summed E-state index contributed by atoms with van der Waals surface area (Å²) in [6.07, 6.45) is 6.85. The SMILES string of the molecule is NC1CCCCCC1NC(=O)Cn1cnnn1. The molecule has 7 heteroatoms.